The quantitative estimate of drug-likeness (QED) is 0.852. The fraction of sp³-hybridized carbons (Fsp3) is 0.625. The van der Waals surface area contributed by atoms with E-state index in [1.807, 2.05) is 6.07 Å². The number of nitrogens with zero attached hydrogens (tertiary/aromatic N) is 1. The van der Waals surface area contributed by atoms with Crippen LogP contribution in [-0.2, 0) is 6.54 Å². The Hall–Kier alpha value is -0.900. The summed E-state index contributed by atoms with van der Waals surface area (Å²) in [5.74, 6) is 0. The molecule has 19 heavy (non-hydrogen) atoms. The molecule has 1 aromatic carbocycles. The first-order valence-electron chi connectivity index (χ1n) is 7.36. The highest BCUT2D eigenvalue weighted by Gasteiger charge is 2.37. The van der Waals surface area contributed by atoms with E-state index in [2.05, 4.69) is 48.3 Å². The molecule has 3 heteroatoms. The Morgan fingerprint density at radius 2 is 2.11 bits per heavy atom. The van der Waals surface area contributed by atoms with Gasteiger partial charge in [0.2, 0.25) is 0 Å². The van der Waals surface area contributed by atoms with Crippen LogP contribution in [0.1, 0.15) is 32.3 Å². The van der Waals surface area contributed by atoms with Crippen molar-refractivity contribution in [1.82, 2.24) is 10.2 Å². The molecule has 1 heterocycles. The summed E-state index contributed by atoms with van der Waals surface area (Å²) in [6.45, 7) is 7.86. The number of nitrogens with one attached hydrogen (secondary N) is 1. The van der Waals surface area contributed by atoms with Gasteiger partial charge in [-0.2, -0.15) is 0 Å². The molecule has 2 atom stereocenters. The number of benzene rings is 1. The fourth-order valence-electron chi connectivity index (χ4n) is 2.98. The van der Waals surface area contributed by atoms with E-state index in [0.717, 1.165) is 39.0 Å². The number of likely N-dealkylation sites (N-methyl/N-ethyl adjacent to an activating group) is 1. The molecule has 0 aliphatic carbocycles. The van der Waals surface area contributed by atoms with Gasteiger partial charge in [0.25, 0.3) is 0 Å². The molecule has 0 spiro atoms. The Labute approximate surface area is 116 Å². The molecule has 2 rings (SSSR count). The smallest absolute Gasteiger partial charge is 0.0923 e. The zero-order chi connectivity index (χ0) is 13.7. The van der Waals surface area contributed by atoms with Crippen molar-refractivity contribution in [2.45, 2.75) is 44.9 Å². The van der Waals surface area contributed by atoms with Crippen LogP contribution in [0.2, 0.25) is 0 Å². The van der Waals surface area contributed by atoms with Gasteiger partial charge in [0.1, 0.15) is 0 Å². The molecule has 1 saturated heterocycles. The van der Waals surface area contributed by atoms with Crippen molar-refractivity contribution in [3.05, 3.63) is 35.9 Å². The minimum Gasteiger partial charge on any atom is -0.387 e. The van der Waals surface area contributed by atoms with Gasteiger partial charge in [-0.3, -0.25) is 4.90 Å². The normalized spacial score (nSPS) is 26.3. The van der Waals surface area contributed by atoms with Crippen LogP contribution in [0.15, 0.2) is 30.3 Å². The van der Waals surface area contributed by atoms with Gasteiger partial charge in [-0.15, -0.1) is 0 Å². The lowest BCUT2D eigenvalue weighted by atomic mass is 9.86. The summed E-state index contributed by atoms with van der Waals surface area (Å²) in [6, 6.07) is 10.7. The molecule has 106 valence electrons. The van der Waals surface area contributed by atoms with E-state index in [9.17, 15) is 5.11 Å². The second-order valence-corrected chi connectivity index (χ2v) is 5.68. The van der Waals surface area contributed by atoms with Crippen LogP contribution < -0.4 is 5.32 Å². The predicted molar refractivity (Wildman–Crippen MR) is 79.0 cm³/mol. The van der Waals surface area contributed by atoms with Crippen molar-refractivity contribution in [2.24, 2.45) is 0 Å². The molecule has 0 amide bonds. The summed E-state index contributed by atoms with van der Waals surface area (Å²) in [5, 5.41) is 14.2. The lowest BCUT2D eigenvalue weighted by molar-refractivity contribution is -0.0559. The third-order valence-corrected chi connectivity index (χ3v) is 4.15. The molecule has 2 N–H and O–H groups in total. The van der Waals surface area contributed by atoms with Crippen molar-refractivity contribution < 1.29 is 5.11 Å². The van der Waals surface area contributed by atoms with E-state index in [1.54, 1.807) is 0 Å². The number of rotatable bonds is 5. The summed E-state index contributed by atoms with van der Waals surface area (Å²) in [6.07, 6.45) is 1.96. The van der Waals surface area contributed by atoms with E-state index >= 15 is 0 Å². The Bertz CT molecular complexity index is 382. The summed E-state index contributed by atoms with van der Waals surface area (Å²) in [5.41, 5.74) is 0.728. The average molecular weight is 262 g/mol. The lowest BCUT2D eigenvalue weighted by Gasteiger charge is -2.43. The second kappa shape index (κ2) is 6.51. The topological polar surface area (TPSA) is 35.5 Å². The third kappa shape index (κ3) is 3.78. The van der Waals surface area contributed by atoms with Gasteiger partial charge in [0.15, 0.2) is 0 Å². The standard InChI is InChI=1S/C16H26N2O/c1-3-17-14(2)16(19)10-7-11-18(13-16)12-15-8-5-4-6-9-15/h4-6,8-9,14,17,19H,3,7,10-13H2,1-2H3. The van der Waals surface area contributed by atoms with Gasteiger partial charge in [0.05, 0.1) is 5.60 Å². The van der Waals surface area contributed by atoms with Crippen molar-refractivity contribution >= 4 is 0 Å². The molecule has 1 fully saturated rings. The maximum Gasteiger partial charge on any atom is 0.0923 e. The van der Waals surface area contributed by atoms with Crippen LogP contribution in [0.25, 0.3) is 0 Å². The Balaban J connectivity index is 1.97. The van der Waals surface area contributed by atoms with E-state index in [1.165, 1.54) is 5.56 Å². The first-order valence-corrected chi connectivity index (χ1v) is 7.36. The van der Waals surface area contributed by atoms with Crippen molar-refractivity contribution in [1.29, 1.82) is 0 Å². The molecule has 1 aromatic rings. The molecule has 3 nitrogen and oxygen atoms in total. The Morgan fingerprint density at radius 3 is 2.79 bits per heavy atom. The van der Waals surface area contributed by atoms with Gasteiger partial charge in [0, 0.05) is 19.1 Å². The first kappa shape index (κ1) is 14.5. The maximum absolute atomic E-state index is 10.8. The van der Waals surface area contributed by atoms with Crippen LogP contribution in [0.4, 0.5) is 0 Å². The maximum atomic E-state index is 10.8. The summed E-state index contributed by atoms with van der Waals surface area (Å²) < 4.78 is 0. The van der Waals surface area contributed by atoms with Gasteiger partial charge in [-0.25, -0.2) is 0 Å². The molecule has 0 bridgehead atoms. The molecule has 0 aromatic heterocycles. The van der Waals surface area contributed by atoms with Gasteiger partial charge in [-0.1, -0.05) is 37.3 Å². The highest BCUT2D eigenvalue weighted by molar-refractivity contribution is 5.14. The lowest BCUT2D eigenvalue weighted by Crippen LogP contribution is -2.58. The number of piperidine rings is 1. The minimum atomic E-state index is -0.594. The van der Waals surface area contributed by atoms with Crippen molar-refractivity contribution in [3.63, 3.8) is 0 Å². The van der Waals surface area contributed by atoms with E-state index < -0.39 is 5.60 Å². The first-order chi connectivity index (χ1) is 9.14. The number of hydrogen-bond donors (Lipinski definition) is 2. The third-order valence-electron chi connectivity index (χ3n) is 4.15. The zero-order valence-electron chi connectivity index (χ0n) is 12.1. The molecule has 1 aliphatic rings. The molecular weight excluding hydrogens is 236 g/mol. The van der Waals surface area contributed by atoms with Crippen LogP contribution in [0, 0.1) is 0 Å². The van der Waals surface area contributed by atoms with Gasteiger partial charge in [-0.05, 0) is 38.4 Å². The van der Waals surface area contributed by atoms with Crippen molar-refractivity contribution in [2.75, 3.05) is 19.6 Å². The molecule has 0 saturated carbocycles. The zero-order valence-corrected chi connectivity index (χ0v) is 12.1. The summed E-state index contributed by atoms with van der Waals surface area (Å²) in [4.78, 5) is 2.37. The Morgan fingerprint density at radius 1 is 1.37 bits per heavy atom. The molecule has 2 unspecified atom stereocenters. The minimum absolute atomic E-state index is 0.149. The highest BCUT2D eigenvalue weighted by Crippen LogP contribution is 2.25. The second-order valence-electron chi connectivity index (χ2n) is 5.68. The monoisotopic (exact) mass is 262 g/mol. The van der Waals surface area contributed by atoms with Crippen LogP contribution >= 0.6 is 0 Å². The van der Waals surface area contributed by atoms with Crippen molar-refractivity contribution in [3.8, 4) is 0 Å². The highest BCUT2D eigenvalue weighted by atomic mass is 16.3. The predicted octanol–water partition coefficient (Wildman–Crippen LogP) is 2.01. The number of aliphatic hydroxyl groups is 1. The van der Waals surface area contributed by atoms with E-state index in [-0.39, 0.29) is 6.04 Å². The fourth-order valence-corrected chi connectivity index (χ4v) is 2.98. The molecular formula is C16H26N2O. The van der Waals surface area contributed by atoms with E-state index in [0.29, 0.717) is 0 Å². The number of hydrogen-bond acceptors (Lipinski definition) is 3. The summed E-state index contributed by atoms with van der Waals surface area (Å²) >= 11 is 0. The molecule has 0 radical (unpaired) electrons. The van der Waals surface area contributed by atoms with Crippen LogP contribution in [0.3, 0.4) is 0 Å². The SMILES string of the molecule is CCNC(C)C1(O)CCCN(Cc2ccccc2)C1. The molecule has 1 aliphatic heterocycles. The van der Waals surface area contributed by atoms with Crippen LogP contribution in [-0.4, -0.2) is 41.3 Å². The van der Waals surface area contributed by atoms with Gasteiger partial charge < -0.3 is 10.4 Å². The number of β-amino-alcohol motifs (C(OH)–C–C–N with tert-alkyl or cyclic N) is 1. The van der Waals surface area contributed by atoms with E-state index in [4.69, 9.17) is 0 Å². The largest absolute Gasteiger partial charge is 0.387 e. The average Bonchev–Trinajstić information content (AvgIpc) is 2.40. The number of likely N-dealkylation sites (tertiary alicyclic amines) is 1. The summed E-state index contributed by atoms with van der Waals surface area (Å²) in [7, 11) is 0. The van der Waals surface area contributed by atoms with Gasteiger partial charge >= 0.3 is 0 Å². The van der Waals surface area contributed by atoms with Crippen LogP contribution in [0.5, 0.6) is 0 Å². The Kier molecular flexibility index (Phi) is 4.97.